The minimum absolute atomic E-state index is 0.109. The average molecular weight is 382 g/mol. The van der Waals surface area contributed by atoms with Crippen LogP contribution >= 0.6 is 0 Å². The maximum absolute atomic E-state index is 12.6. The van der Waals surface area contributed by atoms with E-state index in [-0.39, 0.29) is 6.09 Å². The van der Waals surface area contributed by atoms with Crippen LogP contribution in [0.15, 0.2) is 0 Å². The second-order valence-electron chi connectivity index (χ2n) is 9.65. The monoisotopic (exact) mass is 381 g/mol. The summed E-state index contributed by atoms with van der Waals surface area (Å²) < 4.78 is 5.67. The fourth-order valence-electron chi connectivity index (χ4n) is 4.26. The van der Waals surface area contributed by atoms with Gasteiger partial charge in [-0.3, -0.25) is 0 Å². The number of hydrogen-bond acceptors (Lipinski definition) is 2. The first kappa shape index (κ1) is 24.3. The third-order valence-corrected chi connectivity index (χ3v) is 5.77. The van der Waals surface area contributed by atoms with E-state index >= 15 is 0 Å². The summed E-state index contributed by atoms with van der Waals surface area (Å²) in [7, 11) is 0. The van der Waals surface area contributed by atoms with Gasteiger partial charge in [0.05, 0.1) is 0 Å². The third-order valence-electron chi connectivity index (χ3n) is 5.77. The molecule has 3 nitrogen and oxygen atoms in total. The fraction of sp³-hybridized carbons (Fsp3) is 0.958. The smallest absolute Gasteiger partial charge is 0.410 e. The van der Waals surface area contributed by atoms with Crippen LogP contribution in [-0.2, 0) is 4.74 Å². The molecule has 1 fully saturated rings. The highest BCUT2D eigenvalue weighted by atomic mass is 16.6. The van der Waals surface area contributed by atoms with Crippen molar-refractivity contribution in [3.63, 3.8) is 0 Å². The van der Waals surface area contributed by atoms with Crippen LogP contribution in [0.1, 0.15) is 131 Å². The molecular weight excluding hydrogens is 334 g/mol. The number of amides is 1. The number of likely N-dealkylation sites (tertiary alicyclic amines) is 1. The molecule has 0 saturated carbocycles. The highest BCUT2D eigenvalue weighted by molar-refractivity contribution is 5.69. The van der Waals surface area contributed by atoms with Crippen molar-refractivity contribution in [3.8, 4) is 0 Å². The van der Waals surface area contributed by atoms with Gasteiger partial charge in [-0.05, 0) is 53.4 Å². The van der Waals surface area contributed by atoms with Gasteiger partial charge in [-0.15, -0.1) is 0 Å². The summed E-state index contributed by atoms with van der Waals surface area (Å²) in [4.78, 5) is 14.7. The van der Waals surface area contributed by atoms with Crippen molar-refractivity contribution < 1.29 is 9.53 Å². The van der Waals surface area contributed by atoms with Crippen molar-refractivity contribution in [2.45, 2.75) is 149 Å². The van der Waals surface area contributed by atoms with E-state index in [9.17, 15) is 4.79 Å². The number of ether oxygens (including phenoxy) is 1. The van der Waals surface area contributed by atoms with E-state index in [2.05, 4.69) is 13.8 Å². The molecule has 1 amide bonds. The molecule has 2 atom stereocenters. The SMILES string of the molecule is CCCCCCCCCCCCC[C@H]1CCC[C@@H](C)N1C(=O)OC(C)(C)C. The zero-order valence-electron chi connectivity index (χ0n) is 19.0. The van der Waals surface area contributed by atoms with Crippen molar-refractivity contribution in [1.29, 1.82) is 0 Å². The Labute approximate surface area is 169 Å². The van der Waals surface area contributed by atoms with Gasteiger partial charge in [0, 0.05) is 12.1 Å². The molecule has 0 aliphatic carbocycles. The maximum atomic E-state index is 12.6. The van der Waals surface area contributed by atoms with Gasteiger partial charge < -0.3 is 9.64 Å². The number of nitrogens with zero attached hydrogens (tertiary/aromatic N) is 1. The van der Waals surface area contributed by atoms with Gasteiger partial charge in [-0.1, -0.05) is 77.6 Å². The third kappa shape index (κ3) is 11.0. The summed E-state index contributed by atoms with van der Waals surface area (Å²) in [6.07, 6.45) is 19.6. The van der Waals surface area contributed by atoms with E-state index in [0.717, 1.165) is 19.3 Å². The minimum atomic E-state index is -0.407. The van der Waals surface area contributed by atoms with Crippen LogP contribution in [-0.4, -0.2) is 28.7 Å². The molecule has 0 aromatic rings. The minimum Gasteiger partial charge on any atom is -0.444 e. The normalized spacial score (nSPS) is 20.7. The molecule has 1 aliphatic rings. The predicted octanol–water partition coefficient (Wildman–Crippen LogP) is 7.87. The molecule has 0 spiro atoms. The molecule has 0 bridgehead atoms. The topological polar surface area (TPSA) is 29.5 Å². The Balaban J connectivity index is 2.18. The number of carbonyl (C=O) groups is 1. The molecule has 1 aliphatic heterocycles. The molecule has 0 radical (unpaired) electrons. The fourth-order valence-corrected chi connectivity index (χ4v) is 4.26. The molecule has 1 heterocycles. The Kier molecular flexibility index (Phi) is 12.1. The predicted molar refractivity (Wildman–Crippen MR) is 116 cm³/mol. The summed E-state index contributed by atoms with van der Waals surface area (Å²) in [6.45, 7) is 10.3. The Morgan fingerprint density at radius 1 is 0.889 bits per heavy atom. The highest BCUT2D eigenvalue weighted by Gasteiger charge is 2.34. The first-order chi connectivity index (χ1) is 12.8. The molecule has 1 saturated heterocycles. The summed E-state index contributed by atoms with van der Waals surface area (Å²) in [6, 6.07) is 0.688. The first-order valence-corrected chi connectivity index (χ1v) is 11.9. The van der Waals surface area contributed by atoms with Crippen LogP contribution < -0.4 is 0 Å². The van der Waals surface area contributed by atoms with Crippen molar-refractivity contribution in [3.05, 3.63) is 0 Å². The molecule has 0 aromatic heterocycles. The number of hydrogen-bond donors (Lipinski definition) is 0. The summed E-state index contributed by atoms with van der Waals surface area (Å²) in [5.74, 6) is 0. The van der Waals surface area contributed by atoms with Crippen molar-refractivity contribution >= 4 is 6.09 Å². The van der Waals surface area contributed by atoms with Crippen molar-refractivity contribution in [2.24, 2.45) is 0 Å². The van der Waals surface area contributed by atoms with E-state index in [4.69, 9.17) is 4.74 Å². The van der Waals surface area contributed by atoms with Gasteiger partial charge >= 0.3 is 6.09 Å². The van der Waals surface area contributed by atoms with Gasteiger partial charge in [-0.2, -0.15) is 0 Å². The zero-order valence-corrected chi connectivity index (χ0v) is 19.0. The number of piperidine rings is 1. The lowest BCUT2D eigenvalue weighted by Gasteiger charge is -2.41. The molecule has 0 N–H and O–H groups in total. The maximum Gasteiger partial charge on any atom is 0.410 e. The summed E-state index contributed by atoms with van der Waals surface area (Å²) in [5, 5.41) is 0. The molecule has 0 unspecified atom stereocenters. The van der Waals surface area contributed by atoms with Crippen LogP contribution in [0.4, 0.5) is 4.79 Å². The lowest BCUT2D eigenvalue weighted by Crippen LogP contribution is -2.50. The van der Waals surface area contributed by atoms with Crippen LogP contribution in [0.3, 0.4) is 0 Å². The quantitative estimate of drug-likeness (QED) is 0.322. The second kappa shape index (κ2) is 13.4. The zero-order chi connectivity index (χ0) is 20.1. The van der Waals surface area contributed by atoms with E-state index in [1.807, 2.05) is 25.7 Å². The van der Waals surface area contributed by atoms with Gasteiger partial charge in [0.25, 0.3) is 0 Å². The lowest BCUT2D eigenvalue weighted by molar-refractivity contribution is -0.00430. The second-order valence-corrected chi connectivity index (χ2v) is 9.65. The van der Waals surface area contributed by atoms with Gasteiger partial charge in [0.2, 0.25) is 0 Å². The Morgan fingerprint density at radius 2 is 1.41 bits per heavy atom. The summed E-state index contributed by atoms with van der Waals surface area (Å²) in [5.41, 5.74) is -0.407. The van der Waals surface area contributed by atoms with Gasteiger partial charge in [0.1, 0.15) is 5.60 Å². The van der Waals surface area contributed by atoms with E-state index in [1.54, 1.807) is 0 Å². The van der Waals surface area contributed by atoms with E-state index < -0.39 is 5.60 Å². The van der Waals surface area contributed by atoms with E-state index in [0.29, 0.717) is 12.1 Å². The number of rotatable bonds is 12. The molecule has 27 heavy (non-hydrogen) atoms. The van der Waals surface area contributed by atoms with E-state index in [1.165, 1.54) is 77.0 Å². The largest absolute Gasteiger partial charge is 0.444 e. The first-order valence-electron chi connectivity index (χ1n) is 11.9. The van der Waals surface area contributed by atoms with Crippen LogP contribution in [0.25, 0.3) is 0 Å². The lowest BCUT2D eigenvalue weighted by atomic mass is 9.93. The Hall–Kier alpha value is -0.730. The standard InChI is InChI=1S/C24H47NO2/c1-6-7-8-9-10-11-12-13-14-15-16-19-22-20-17-18-21(2)25(22)23(26)27-24(3,4)5/h21-22H,6-20H2,1-5H3/t21-,22+/m1/s1. The highest BCUT2D eigenvalue weighted by Crippen LogP contribution is 2.28. The van der Waals surface area contributed by atoms with Crippen molar-refractivity contribution in [2.75, 3.05) is 0 Å². The number of carbonyl (C=O) groups excluding carboxylic acids is 1. The Bertz CT molecular complexity index is 388. The van der Waals surface area contributed by atoms with Crippen molar-refractivity contribution in [1.82, 2.24) is 4.90 Å². The molecular formula is C24H47NO2. The summed E-state index contributed by atoms with van der Waals surface area (Å²) >= 11 is 0. The Morgan fingerprint density at radius 3 is 1.93 bits per heavy atom. The van der Waals surface area contributed by atoms with Crippen LogP contribution in [0.5, 0.6) is 0 Å². The number of unbranched alkanes of at least 4 members (excludes halogenated alkanes) is 10. The molecule has 0 aromatic carbocycles. The van der Waals surface area contributed by atoms with Gasteiger partial charge in [-0.25, -0.2) is 4.79 Å². The van der Waals surface area contributed by atoms with Crippen LogP contribution in [0.2, 0.25) is 0 Å². The molecule has 160 valence electrons. The molecule has 1 rings (SSSR count). The van der Waals surface area contributed by atoms with Crippen LogP contribution in [0, 0.1) is 0 Å². The van der Waals surface area contributed by atoms with Gasteiger partial charge in [0.15, 0.2) is 0 Å². The average Bonchev–Trinajstić information content (AvgIpc) is 2.58. The molecule has 3 heteroatoms.